The van der Waals surface area contributed by atoms with Crippen LogP contribution in [0.1, 0.15) is 16.7 Å². The quantitative estimate of drug-likeness (QED) is 0.172. The molecule has 4 aromatic rings. The largest absolute Gasteiger partial charge is 0.493 e. The Morgan fingerprint density at radius 2 is 1.74 bits per heavy atom. The molecule has 0 aromatic heterocycles. The maximum Gasteiger partial charge on any atom is 0.339 e. The van der Waals surface area contributed by atoms with Gasteiger partial charge in [0.2, 0.25) is 0 Å². The molecule has 0 unspecified atom stereocenters. The molecular weight excluding hydrogens is 574 g/mol. The number of hydrogen-bond donors (Lipinski definition) is 2. The highest BCUT2D eigenvalue weighted by atomic mass is 79.9. The molecule has 4 rings (SSSR count). The Labute approximate surface area is 220 Å². The number of benzene rings is 4. The third kappa shape index (κ3) is 6.41. The lowest BCUT2D eigenvalue weighted by Crippen LogP contribution is -2.24. The minimum atomic E-state index is -0.443. The van der Waals surface area contributed by atoms with Gasteiger partial charge in [-0.05, 0) is 81.2 Å². The zero-order chi connectivity index (χ0) is 24.8. The fourth-order valence-electron chi connectivity index (χ4n) is 3.45. The number of nitrogens with zero attached hydrogens (tertiary/aromatic N) is 1. The van der Waals surface area contributed by atoms with Crippen LogP contribution in [0.2, 0.25) is 0 Å². The number of urea groups is 1. The molecule has 0 fully saturated rings. The van der Waals surface area contributed by atoms with Gasteiger partial charge in [-0.2, -0.15) is 5.10 Å². The van der Waals surface area contributed by atoms with Crippen molar-refractivity contribution in [3.8, 4) is 11.5 Å². The van der Waals surface area contributed by atoms with Gasteiger partial charge >= 0.3 is 6.03 Å². The van der Waals surface area contributed by atoms with Crippen molar-refractivity contribution in [2.75, 3.05) is 12.4 Å². The van der Waals surface area contributed by atoms with Gasteiger partial charge in [0.05, 0.1) is 13.3 Å². The fraction of sp³-hybridized carbons (Fsp3) is 0.111. The van der Waals surface area contributed by atoms with Gasteiger partial charge in [0.25, 0.3) is 0 Å². The molecule has 35 heavy (non-hydrogen) atoms. The number of hydrogen-bond acceptors (Lipinski definition) is 4. The summed E-state index contributed by atoms with van der Waals surface area (Å²) in [5.41, 5.74) is 5.94. The topological polar surface area (TPSA) is 72.0 Å². The number of ether oxygens (including phenoxy) is 2. The van der Waals surface area contributed by atoms with Gasteiger partial charge in [0, 0.05) is 20.2 Å². The number of halogens is 2. The van der Waals surface area contributed by atoms with Crippen LogP contribution in [0.5, 0.6) is 11.5 Å². The maximum atomic E-state index is 12.2. The fourth-order valence-corrected chi connectivity index (χ4v) is 4.13. The van der Waals surface area contributed by atoms with Crippen LogP contribution in [-0.2, 0) is 6.61 Å². The standard InChI is InChI=1S/C27H23Br2N3O3/c1-17-11-22(9-10-23(17)28)31-27(33)32-30-15-21-13-25(34-2)26(14-24(21)29)35-16-18-7-8-19-5-3-4-6-20(19)12-18/h3-15H,16H2,1-2H3,(H2,31,32,33)/b30-15+. The molecule has 2 amide bonds. The first-order valence-electron chi connectivity index (χ1n) is 10.8. The van der Waals surface area contributed by atoms with Crippen LogP contribution in [0.4, 0.5) is 10.5 Å². The summed E-state index contributed by atoms with van der Waals surface area (Å²) in [6.45, 7) is 2.35. The molecule has 0 aliphatic rings. The van der Waals surface area contributed by atoms with Gasteiger partial charge in [0.15, 0.2) is 11.5 Å². The van der Waals surface area contributed by atoms with Crippen molar-refractivity contribution in [2.24, 2.45) is 5.10 Å². The van der Waals surface area contributed by atoms with Gasteiger partial charge < -0.3 is 14.8 Å². The molecule has 0 saturated carbocycles. The zero-order valence-electron chi connectivity index (χ0n) is 19.1. The van der Waals surface area contributed by atoms with Crippen molar-refractivity contribution in [3.63, 3.8) is 0 Å². The second kappa shape index (κ2) is 11.4. The number of rotatable bonds is 7. The summed E-state index contributed by atoms with van der Waals surface area (Å²) in [7, 11) is 1.58. The Kier molecular flexibility index (Phi) is 8.05. The van der Waals surface area contributed by atoms with E-state index in [-0.39, 0.29) is 0 Å². The first-order chi connectivity index (χ1) is 16.9. The van der Waals surface area contributed by atoms with Crippen LogP contribution in [0.3, 0.4) is 0 Å². The number of aryl methyl sites for hydroxylation is 1. The molecule has 0 heterocycles. The Hall–Kier alpha value is -3.36. The number of nitrogens with one attached hydrogen (secondary N) is 2. The van der Waals surface area contributed by atoms with Crippen molar-refractivity contribution in [2.45, 2.75) is 13.5 Å². The number of carbonyl (C=O) groups excluding carboxylic acids is 1. The van der Waals surface area contributed by atoms with E-state index in [0.29, 0.717) is 23.8 Å². The number of fused-ring (bicyclic) bond motifs is 1. The maximum absolute atomic E-state index is 12.2. The highest BCUT2D eigenvalue weighted by Gasteiger charge is 2.10. The van der Waals surface area contributed by atoms with Crippen molar-refractivity contribution < 1.29 is 14.3 Å². The van der Waals surface area contributed by atoms with Crippen LogP contribution < -0.4 is 20.2 Å². The molecule has 0 aliphatic heterocycles. The van der Waals surface area contributed by atoms with Crippen LogP contribution in [0, 0.1) is 6.92 Å². The van der Waals surface area contributed by atoms with E-state index in [1.807, 2.05) is 37.3 Å². The lowest BCUT2D eigenvalue weighted by Gasteiger charge is -2.13. The Bertz CT molecular complexity index is 1410. The Balaban J connectivity index is 1.40. The van der Waals surface area contributed by atoms with E-state index in [1.54, 1.807) is 19.2 Å². The van der Waals surface area contributed by atoms with Gasteiger partial charge in [-0.3, -0.25) is 0 Å². The average molecular weight is 597 g/mol. The van der Waals surface area contributed by atoms with Gasteiger partial charge in [-0.25, -0.2) is 10.2 Å². The van der Waals surface area contributed by atoms with E-state index in [0.717, 1.165) is 25.6 Å². The third-order valence-corrected chi connectivity index (χ3v) is 6.85. The monoisotopic (exact) mass is 595 g/mol. The second-order valence-corrected chi connectivity index (χ2v) is 9.49. The number of anilines is 1. The van der Waals surface area contributed by atoms with Gasteiger partial charge in [0.1, 0.15) is 6.61 Å². The van der Waals surface area contributed by atoms with E-state index in [9.17, 15) is 4.79 Å². The van der Waals surface area contributed by atoms with E-state index < -0.39 is 6.03 Å². The molecule has 6 nitrogen and oxygen atoms in total. The first-order valence-corrected chi connectivity index (χ1v) is 12.4. The SMILES string of the molecule is COc1cc(/C=N/NC(=O)Nc2ccc(Br)c(C)c2)c(Br)cc1OCc1ccc2ccccc2c1. The number of carbonyl (C=O) groups is 1. The zero-order valence-corrected chi connectivity index (χ0v) is 22.3. The summed E-state index contributed by atoms with van der Waals surface area (Å²) in [6, 6.07) is 23.2. The molecule has 2 N–H and O–H groups in total. The highest BCUT2D eigenvalue weighted by Crippen LogP contribution is 2.33. The van der Waals surface area contributed by atoms with Crippen LogP contribution >= 0.6 is 31.9 Å². The molecule has 8 heteroatoms. The predicted molar refractivity (Wildman–Crippen MR) is 148 cm³/mol. The summed E-state index contributed by atoms with van der Waals surface area (Å²) in [5.74, 6) is 1.16. The van der Waals surface area contributed by atoms with Crippen molar-refractivity contribution in [1.82, 2.24) is 5.43 Å². The van der Waals surface area contributed by atoms with E-state index in [1.165, 1.54) is 17.0 Å². The molecular formula is C27H23Br2N3O3. The Morgan fingerprint density at radius 1 is 0.943 bits per heavy atom. The molecule has 0 spiro atoms. The van der Waals surface area contributed by atoms with Crippen molar-refractivity contribution in [3.05, 3.63) is 98.4 Å². The van der Waals surface area contributed by atoms with Crippen molar-refractivity contribution >= 4 is 60.6 Å². The summed E-state index contributed by atoms with van der Waals surface area (Å²) in [4.78, 5) is 12.2. The van der Waals surface area contributed by atoms with Gasteiger partial charge in [-0.1, -0.05) is 52.3 Å². The molecule has 178 valence electrons. The molecule has 4 aromatic carbocycles. The number of methoxy groups -OCH3 is 1. The molecule has 0 aliphatic carbocycles. The van der Waals surface area contributed by atoms with E-state index >= 15 is 0 Å². The summed E-state index contributed by atoms with van der Waals surface area (Å²) in [5, 5.41) is 9.14. The number of amides is 2. The van der Waals surface area contributed by atoms with Crippen LogP contribution in [-0.4, -0.2) is 19.4 Å². The van der Waals surface area contributed by atoms with Gasteiger partial charge in [-0.15, -0.1) is 0 Å². The summed E-state index contributed by atoms with van der Waals surface area (Å²) >= 11 is 6.99. The molecule has 0 bridgehead atoms. The molecule has 0 saturated heterocycles. The smallest absolute Gasteiger partial charge is 0.339 e. The minimum Gasteiger partial charge on any atom is -0.493 e. The summed E-state index contributed by atoms with van der Waals surface area (Å²) < 4.78 is 13.3. The third-order valence-electron chi connectivity index (χ3n) is 5.28. The van der Waals surface area contributed by atoms with E-state index in [2.05, 4.69) is 78.0 Å². The minimum absolute atomic E-state index is 0.401. The normalized spacial score (nSPS) is 11.0. The van der Waals surface area contributed by atoms with E-state index in [4.69, 9.17) is 9.47 Å². The molecule has 0 radical (unpaired) electrons. The van der Waals surface area contributed by atoms with Crippen LogP contribution in [0.25, 0.3) is 10.8 Å². The van der Waals surface area contributed by atoms with Crippen LogP contribution in [0.15, 0.2) is 86.8 Å². The Morgan fingerprint density at radius 3 is 2.51 bits per heavy atom. The summed E-state index contributed by atoms with van der Waals surface area (Å²) in [6.07, 6.45) is 1.53. The predicted octanol–water partition coefficient (Wildman–Crippen LogP) is 7.42. The highest BCUT2D eigenvalue weighted by molar-refractivity contribution is 9.10. The average Bonchev–Trinajstić information content (AvgIpc) is 2.86. The lowest BCUT2D eigenvalue weighted by atomic mass is 10.1. The van der Waals surface area contributed by atoms with Crippen molar-refractivity contribution in [1.29, 1.82) is 0 Å². The second-order valence-electron chi connectivity index (χ2n) is 7.78. The first kappa shape index (κ1) is 24.8. The molecule has 0 atom stereocenters. The number of hydrazone groups is 1. The lowest BCUT2D eigenvalue weighted by molar-refractivity contribution is 0.252.